The topological polar surface area (TPSA) is 60.9 Å². The van der Waals surface area contributed by atoms with Crippen LogP contribution in [0, 0.1) is 0 Å². The van der Waals surface area contributed by atoms with Crippen molar-refractivity contribution < 1.29 is 18.0 Å². The Labute approximate surface area is 180 Å². The fraction of sp³-hybridized carbons (Fsp3) is 0.0400. The van der Waals surface area contributed by atoms with Crippen molar-refractivity contribution >= 4 is 27.5 Å². The van der Waals surface area contributed by atoms with E-state index in [2.05, 4.69) is 5.10 Å². The number of nitrogens with two attached hydrogens (primary N) is 1. The second-order valence-electron chi connectivity index (χ2n) is 7.44. The molecule has 1 heterocycles. The molecule has 32 heavy (non-hydrogen) atoms. The SMILES string of the molecule is NC(=O)c1ccc(-n2cc(-c3cccc4ccc5ccccc5c34)c(C(F)(F)F)n2)cc1. The van der Waals surface area contributed by atoms with Crippen LogP contribution in [0.25, 0.3) is 38.4 Å². The van der Waals surface area contributed by atoms with E-state index in [0.717, 1.165) is 21.5 Å². The molecule has 0 atom stereocenters. The largest absolute Gasteiger partial charge is 0.435 e. The summed E-state index contributed by atoms with van der Waals surface area (Å²) in [5.41, 5.74) is 5.36. The number of fused-ring (bicyclic) bond motifs is 3. The van der Waals surface area contributed by atoms with Crippen molar-refractivity contribution in [2.24, 2.45) is 5.73 Å². The zero-order chi connectivity index (χ0) is 22.5. The van der Waals surface area contributed by atoms with Crippen LogP contribution in [0.5, 0.6) is 0 Å². The molecule has 0 aliphatic rings. The first-order valence-electron chi connectivity index (χ1n) is 9.81. The van der Waals surface area contributed by atoms with E-state index in [4.69, 9.17) is 5.73 Å². The van der Waals surface area contributed by atoms with E-state index in [1.54, 1.807) is 12.1 Å². The van der Waals surface area contributed by atoms with Gasteiger partial charge in [0.25, 0.3) is 0 Å². The predicted molar refractivity (Wildman–Crippen MR) is 118 cm³/mol. The van der Waals surface area contributed by atoms with Crippen LogP contribution in [0.15, 0.2) is 85.1 Å². The second-order valence-corrected chi connectivity index (χ2v) is 7.44. The molecule has 5 rings (SSSR count). The molecule has 1 aromatic heterocycles. The summed E-state index contributed by atoms with van der Waals surface area (Å²) in [6.45, 7) is 0. The summed E-state index contributed by atoms with van der Waals surface area (Å²) in [6.07, 6.45) is -3.28. The lowest BCUT2D eigenvalue weighted by atomic mass is 9.94. The Morgan fingerprint density at radius 2 is 1.50 bits per heavy atom. The molecule has 5 aromatic rings. The molecular weight excluding hydrogens is 415 g/mol. The van der Waals surface area contributed by atoms with Gasteiger partial charge in [-0.3, -0.25) is 4.79 Å². The zero-order valence-electron chi connectivity index (χ0n) is 16.6. The highest BCUT2D eigenvalue weighted by Gasteiger charge is 2.38. The van der Waals surface area contributed by atoms with Crippen molar-refractivity contribution in [1.82, 2.24) is 9.78 Å². The first-order valence-corrected chi connectivity index (χ1v) is 9.81. The summed E-state index contributed by atoms with van der Waals surface area (Å²) < 4.78 is 43.2. The molecule has 4 nitrogen and oxygen atoms in total. The molecule has 2 N–H and O–H groups in total. The average molecular weight is 431 g/mol. The van der Waals surface area contributed by atoms with Crippen molar-refractivity contribution in [3.8, 4) is 16.8 Å². The van der Waals surface area contributed by atoms with Gasteiger partial charge in [-0.2, -0.15) is 18.3 Å². The minimum absolute atomic E-state index is 0.0153. The van der Waals surface area contributed by atoms with Gasteiger partial charge in [0, 0.05) is 17.3 Å². The lowest BCUT2D eigenvalue weighted by Crippen LogP contribution is -2.11. The maximum absolute atomic E-state index is 14.0. The highest BCUT2D eigenvalue weighted by atomic mass is 19.4. The minimum Gasteiger partial charge on any atom is -0.366 e. The van der Waals surface area contributed by atoms with E-state index in [-0.39, 0.29) is 11.1 Å². The fourth-order valence-electron chi connectivity index (χ4n) is 3.97. The standard InChI is InChI=1S/C25H16F3N3O/c26-25(27,28)23-21(14-31(30-23)18-12-10-17(11-13-18)24(29)32)20-7-3-5-16-9-8-15-4-1-2-6-19(15)22(16)20/h1-14H,(H2,29,32). The molecule has 0 bridgehead atoms. The first-order chi connectivity index (χ1) is 15.3. The fourth-order valence-corrected chi connectivity index (χ4v) is 3.97. The number of rotatable bonds is 3. The molecule has 0 radical (unpaired) electrons. The normalized spacial score (nSPS) is 11.8. The molecule has 0 unspecified atom stereocenters. The van der Waals surface area contributed by atoms with E-state index in [9.17, 15) is 18.0 Å². The highest BCUT2D eigenvalue weighted by Crippen LogP contribution is 2.41. The summed E-state index contributed by atoms with van der Waals surface area (Å²) in [4.78, 5) is 11.3. The maximum Gasteiger partial charge on any atom is 0.435 e. The number of aromatic nitrogens is 2. The van der Waals surface area contributed by atoms with Gasteiger partial charge in [-0.15, -0.1) is 0 Å². The number of hydrogen-bond donors (Lipinski definition) is 1. The molecule has 0 spiro atoms. The number of alkyl halides is 3. The van der Waals surface area contributed by atoms with Crippen LogP contribution >= 0.6 is 0 Å². The van der Waals surface area contributed by atoms with Crippen molar-refractivity contribution in [1.29, 1.82) is 0 Å². The van der Waals surface area contributed by atoms with Crippen LogP contribution in [-0.4, -0.2) is 15.7 Å². The number of amides is 1. The van der Waals surface area contributed by atoms with Crippen LogP contribution in [-0.2, 0) is 6.18 Å². The van der Waals surface area contributed by atoms with E-state index in [0.29, 0.717) is 11.3 Å². The molecule has 4 aromatic carbocycles. The van der Waals surface area contributed by atoms with Gasteiger partial charge in [0.05, 0.1) is 5.69 Å². The Kier molecular flexibility index (Phi) is 4.48. The quantitative estimate of drug-likeness (QED) is 0.358. The van der Waals surface area contributed by atoms with Gasteiger partial charge in [0.1, 0.15) is 0 Å². The third-order valence-corrected chi connectivity index (χ3v) is 5.46. The van der Waals surface area contributed by atoms with Crippen molar-refractivity contribution in [3.05, 3.63) is 96.3 Å². The summed E-state index contributed by atoms with van der Waals surface area (Å²) in [5.74, 6) is -0.615. The molecule has 0 saturated heterocycles. The Morgan fingerprint density at radius 1 is 0.812 bits per heavy atom. The van der Waals surface area contributed by atoms with Crippen LogP contribution < -0.4 is 5.73 Å². The summed E-state index contributed by atoms with van der Waals surface area (Å²) in [7, 11) is 0. The van der Waals surface area contributed by atoms with Crippen LogP contribution in [0.3, 0.4) is 0 Å². The van der Waals surface area contributed by atoms with Crippen molar-refractivity contribution in [2.45, 2.75) is 6.18 Å². The van der Waals surface area contributed by atoms with Gasteiger partial charge >= 0.3 is 6.18 Å². The third-order valence-electron chi connectivity index (χ3n) is 5.46. The lowest BCUT2D eigenvalue weighted by molar-refractivity contribution is -0.140. The Bertz CT molecular complexity index is 1480. The summed E-state index contributed by atoms with van der Waals surface area (Å²) in [5, 5.41) is 7.25. The van der Waals surface area contributed by atoms with E-state index in [1.807, 2.05) is 42.5 Å². The highest BCUT2D eigenvalue weighted by molar-refractivity contribution is 6.14. The van der Waals surface area contributed by atoms with Crippen molar-refractivity contribution in [2.75, 3.05) is 0 Å². The first kappa shape index (κ1) is 19.8. The average Bonchev–Trinajstić information content (AvgIpc) is 3.24. The Balaban J connectivity index is 1.78. The predicted octanol–water partition coefficient (Wildman–Crippen LogP) is 5.96. The lowest BCUT2D eigenvalue weighted by Gasteiger charge is -2.11. The van der Waals surface area contributed by atoms with Crippen molar-refractivity contribution in [3.63, 3.8) is 0 Å². The molecule has 158 valence electrons. The number of carbonyl (C=O) groups is 1. The van der Waals surface area contributed by atoms with Gasteiger partial charge in [0.2, 0.25) is 5.91 Å². The van der Waals surface area contributed by atoms with E-state index >= 15 is 0 Å². The zero-order valence-corrected chi connectivity index (χ0v) is 16.6. The third kappa shape index (κ3) is 3.28. The van der Waals surface area contributed by atoms with Gasteiger partial charge < -0.3 is 5.73 Å². The van der Waals surface area contributed by atoms with Gasteiger partial charge in [-0.05, 0) is 51.4 Å². The number of hydrogen-bond acceptors (Lipinski definition) is 2. The number of primary amides is 1. The molecule has 0 fully saturated rings. The summed E-state index contributed by atoms with van der Waals surface area (Å²) >= 11 is 0. The van der Waals surface area contributed by atoms with Crippen LogP contribution in [0.1, 0.15) is 16.1 Å². The van der Waals surface area contributed by atoms with Gasteiger partial charge in [-0.1, -0.05) is 54.6 Å². The Hall–Kier alpha value is -4.13. The van der Waals surface area contributed by atoms with E-state index in [1.165, 1.54) is 35.1 Å². The minimum atomic E-state index is -4.65. The number of benzene rings is 4. The number of nitrogens with zero attached hydrogens (tertiary/aromatic N) is 2. The monoisotopic (exact) mass is 431 g/mol. The molecule has 0 aliphatic heterocycles. The number of halogens is 3. The Morgan fingerprint density at radius 3 is 2.22 bits per heavy atom. The van der Waals surface area contributed by atoms with Crippen LogP contribution in [0.4, 0.5) is 13.2 Å². The van der Waals surface area contributed by atoms with E-state index < -0.39 is 17.8 Å². The molecule has 1 amide bonds. The van der Waals surface area contributed by atoms with Crippen LogP contribution in [0.2, 0.25) is 0 Å². The molecule has 0 aliphatic carbocycles. The van der Waals surface area contributed by atoms with Gasteiger partial charge in [-0.25, -0.2) is 4.68 Å². The maximum atomic E-state index is 14.0. The smallest absolute Gasteiger partial charge is 0.366 e. The summed E-state index contributed by atoms with van der Waals surface area (Å²) in [6, 6.07) is 22.7. The molecular formula is C25H16F3N3O. The second kappa shape index (κ2) is 7.23. The molecule has 0 saturated carbocycles. The number of carbonyl (C=O) groups excluding carboxylic acids is 1. The van der Waals surface area contributed by atoms with Gasteiger partial charge in [0.15, 0.2) is 5.69 Å². The molecule has 7 heteroatoms.